The summed E-state index contributed by atoms with van der Waals surface area (Å²) in [7, 11) is 3.27. The van der Waals surface area contributed by atoms with E-state index in [0.29, 0.717) is 17.1 Å². The van der Waals surface area contributed by atoms with Crippen LogP contribution in [0.5, 0.6) is 11.5 Å². The number of hydrogen-bond donors (Lipinski definition) is 0. The second-order valence-corrected chi connectivity index (χ2v) is 7.66. The van der Waals surface area contributed by atoms with E-state index in [-0.39, 0.29) is 11.9 Å². The Labute approximate surface area is 177 Å². The van der Waals surface area contributed by atoms with Crippen LogP contribution in [0.15, 0.2) is 54.9 Å². The molecule has 0 saturated carbocycles. The number of carbonyl (C=O) groups is 1. The van der Waals surface area contributed by atoms with Crippen molar-refractivity contribution in [2.45, 2.75) is 32.2 Å². The van der Waals surface area contributed by atoms with E-state index in [1.807, 2.05) is 60.5 Å². The second-order valence-electron chi connectivity index (χ2n) is 7.66. The van der Waals surface area contributed by atoms with Crippen molar-refractivity contribution in [3.05, 3.63) is 71.5 Å². The molecular formula is C24H27N3O3. The highest BCUT2D eigenvalue weighted by molar-refractivity contribution is 5.98. The van der Waals surface area contributed by atoms with E-state index in [1.165, 1.54) is 0 Å². The number of rotatable bonds is 6. The highest BCUT2D eigenvalue weighted by atomic mass is 16.5. The van der Waals surface area contributed by atoms with Crippen LogP contribution >= 0.6 is 0 Å². The summed E-state index contributed by atoms with van der Waals surface area (Å²) in [5, 5.41) is 4.33. The lowest BCUT2D eigenvalue weighted by atomic mass is 10.0. The van der Waals surface area contributed by atoms with Crippen molar-refractivity contribution in [3.63, 3.8) is 0 Å². The number of methoxy groups -OCH3 is 2. The summed E-state index contributed by atoms with van der Waals surface area (Å²) in [6.07, 6.45) is 6.38. The molecule has 2 aromatic carbocycles. The lowest BCUT2D eigenvalue weighted by molar-refractivity contribution is 0.0736. The number of aromatic nitrogens is 2. The Morgan fingerprint density at radius 1 is 1.13 bits per heavy atom. The van der Waals surface area contributed by atoms with Crippen LogP contribution in [0.3, 0.4) is 0 Å². The maximum absolute atomic E-state index is 13.6. The van der Waals surface area contributed by atoms with Crippen molar-refractivity contribution in [2.75, 3.05) is 20.8 Å². The average molecular weight is 405 g/mol. The van der Waals surface area contributed by atoms with Gasteiger partial charge in [-0.1, -0.05) is 17.7 Å². The van der Waals surface area contributed by atoms with Gasteiger partial charge in [-0.2, -0.15) is 5.10 Å². The molecule has 6 nitrogen and oxygen atoms in total. The Bertz CT molecular complexity index is 1030. The van der Waals surface area contributed by atoms with Crippen molar-refractivity contribution in [3.8, 4) is 17.2 Å². The van der Waals surface area contributed by atoms with Gasteiger partial charge in [-0.05, 0) is 62.1 Å². The highest BCUT2D eigenvalue weighted by Crippen LogP contribution is 2.31. The lowest BCUT2D eigenvalue weighted by Crippen LogP contribution is -2.37. The van der Waals surface area contributed by atoms with Crippen molar-refractivity contribution in [1.82, 2.24) is 14.7 Å². The molecule has 1 aliphatic rings. The molecule has 0 spiro atoms. The minimum absolute atomic E-state index is 0.0622. The van der Waals surface area contributed by atoms with Crippen LogP contribution in [-0.2, 0) is 6.42 Å². The van der Waals surface area contributed by atoms with E-state index in [2.05, 4.69) is 5.10 Å². The van der Waals surface area contributed by atoms with Crippen LogP contribution in [-0.4, -0.2) is 47.4 Å². The largest absolute Gasteiger partial charge is 0.493 e. The van der Waals surface area contributed by atoms with Crippen LogP contribution < -0.4 is 9.47 Å². The van der Waals surface area contributed by atoms with E-state index in [4.69, 9.17) is 9.47 Å². The van der Waals surface area contributed by atoms with E-state index in [0.717, 1.165) is 42.6 Å². The molecule has 2 heterocycles. The topological polar surface area (TPSA) is 56.6 Å². The van der Waals surface area contributed by atoms with E-state index >= 15 is 0 Å². The number of ether oxygens (including phenoxy) is 2. The first kappa shape index (κ1) is 20.0. The molecule has 3 aromatic rings. The van der Waals surface area contributed by atoms with Crippen molar-refractivity contribution < 1.29 is 14.3 Å². The van der Waals surface area contributed by atoms with Gasteiger partial charge in [0.15, 0.2) is 11.5 Å². The first-order valence-corrected chi connectivity index (χ1v) is 10.2. The summed E-state index contributed by atoms with van der Waals surface area (Å²) < 4.78 is 12.5. The number of hydrogen-bond acceptors (Lipinski definition) is 4. The monoisotopic (exact) mass is 405 g/mol. The highest BCUT2D eigenvalue weighted by Gasteiger charge is 2.31. The molecule has 1 amide bonds. The first-order valence-electron chi connectivity index (χ1n) is 10.2. The van der Waals surface area contributed by atoms with Crippen LogP contribution in [0.2, 0.25) is 0 Å². The Morgan fingerprint density at radius 3 is 2.70 bits per heavy atom. The standard InChI is InChI=1S/C24H27N3O3/c1-17-7-9-21(27-13-5-11-25-27)20(14-17)24(28)26-12-4-6-19(26)15-18-8-10-22(29-2)23(16-18)30-3/h5,7-11,13-14,16,19H,4,6,12,15H2,1-3H3/t19-/m0/s1. The van der Waals surface area contributed by atoms with Crippen molar-refractivity contribution in [2.24, 2.45) is 0 Å². The number of carbonyl (C=O) groups excluding carboxylic acids is 1. The van der Waals surface area contributed by atoms with Gasteiger partial charge in [-0.25, -0.2) is 4.68 Å². The molecule has 1 atom stereocenters. The van der Waals surface area contributed by atoms with Crippen LogP contribution in [0.1, 0.15) is 34.3 Å². The van der Waals surface area contributed by atoms with Gasteiger partial charge in [-0.15, -0.1) is 0 Å². The SMILES string of the molecule is COc1ccc(C[C@@H]2CCCN2C(=O)c2cc(C)ccc2-n2cccn2)cc1OC. The third-order valence-electron chi connectivity index (χ3n) is 5.69. The quantitative estimate of drug-likeness (QED) is 0.621. The molecule has 4 rings (SSSR count). The second kappa shape index (κ2) is 8.61. The molecule has 0 bridgehead atoms. The fourth-order valence-corrected chi connectivity index (χ4v) is 4.18. The predicted molar refractivity (Wildman–Crippen MR) is 116 cm³/mol. The zero-order valence-corrected chi connectivity index (χ0v) is 17.7. The molecule has 0 N–H and O–H groups in total. The molecular weight excluding hydrogens is 378 g/mol. The van der Waals surface area contributed by atoms with Gasteiger partial charge in [-0.3, -0.25) is 4.79 Å². The summed E-state index contributed by atoms with van der Waals surface area (Å²) in [5.41, 5.74) is 3.70. The number of benzene rings is 2. The molecule has 1 aliphatic heterocycles. The Kier molecular flexibility index (Phi) is 5.74. The van der Waals surface area contributed by atoms with Crippen molar-refractivity contribution in [1.29, 1.82) is 0 Å². The molecule has 6 heteroatoms. The molecule has 1 aromatic heterocycles. The van der Waals surface area contributed by atoms with Gasteiger partial charge < -0.3 is 14.4 Å². The predicted octanol–water partition coefficient (Wildman–Crippen LogP) is 4.05. The molecule has 1 saturated heterocycles. The maximum Gasteiger partial charge on any atom is 0.256 e. The van der Waals surface area contributed by atoms with Gasteiger partial charge in [0.1, 0.15) is 0 Å². The smallest absolute Gasteiger partial charge is 0.256 e. The van der Waals surface area contributed by atoms with Crippen LogP contribution in [0, 0.1) is 6.92 Å². The molecule has 30 heavy (non-hydrogen) atoms. The van der Waals surface area contributed by atoms with Crippen LogP contribution in [0.25, 0.3) is 5.69 Å². The zero-order chi connectivity index (χ0) is 21.1. The molecule has 156 valence electrons. The van der Waals surface area contributed by atoms with Gasteiger partial charge >= 0.3 is 0 Å². The first-order chi connectivity index (χ1) is 14.6. The summed E-state index contributed by atoms with van der Waals surface area (Å²) >= 11 is 0. The molecule has 0 aliphatic carbocycles. The number of amides is 1. The Balaban J connectivity index is 1.60. The summed E-state index contributed by atoms with van der Waals surface area (Å²) in [5.74, 6) is 1.49. The minimum atomic E-state index is 0.0622. The lowest BCUT2D eigenvalue weighted by Gasteiger charge is -2.26. The number of aryl methyl sites for hydroxylation is 1. The molecule has 0 unspecified atom stereocenters. The van der Waals surface area contributed by atoms with Crippen LogP contribution in [0.4, 0.5) is 0 Å². The zero-order valence-electron chi connectivity index (χ0n) is 17.7. The average Bonchev–Trinajstić information content (AvgIpc) is 3.45. The third kappa shape index (κ3) is 3.90. The minimum Gasteiger partial charge on any atom is -0.493 e. The summed E-state index contributed by atoms with van der Waals surface area (Å²) in [6.45, 7) is 2.78. The number of likely N-dealkylation sites (tertiary alicyclic amines) is 1. The fraction of sp³-hybridized carbons (Fsp3) is 0.333. The van der Waals surface area contributed by atoms with Gasteiger partial charge in [0.2, 0.25) is 0 Å². The van der Waals surface area contributed by atoms with Gasteiger partial charge in [0.25, 0.3) is 5.91 Å². The Morgan fingerprint density at radius 2 is 1.97 bits per heavy atom. The third-order valence-corrected chi connectivity index (χ3v) is 5.69. The fourth-order valence-electron chi connectivity index (χ4n) is 4.18. The maximum atomic E-state index is 13.6. The van der Waals surface area contributed by atoms with E-state index in [1.54, 1.807) is 25.1 Å². The summed E-state index contributed by atoms with van der Waals surface area (Å²) in [4.78, 5) is 15.6. The van der Waals surface area contributed by atoms with Gasteiger partial charge in [0.05, 0.1) is 25.5 Å². The molecule has 0 radical (unpaired) electrons. The van der Waals surface area contributed by atoms with E-state index in [9.17, 15) is 4.79 Å². The van der Waals surface area contributed by atoms with E-state index < -0.39 is 0 Å². The Hall–Kier alpha value is -3.28. The normalized spacial score (nSPS) is 16.0. The summed E-state index contributed by atoms with van der Waals surface area (Å²) in [6, 6.07) is 13.9. The van der Waals surface area contributed by atoms with Crippen molar-refractivity contribution >= 4 is 5.91 Å². The van der Waals surface area contributed by atoms with Gasteiger partial charge in [0, 0.05) is 25.0 Å². The molecule has 1 fully saturated rings. The number of nitrogens with zero attached hydrogens (tertiary/aromatic N) is 3.